The Labute approximate surface area is 143 Å². The first-order valence-corrected chi connectivity index (χ1v) is 8.07. The molecule has 3 rings (SSSR count). The van der Waals surface area contributed by atoms with E-state index in [4.69, 9.17) is 0 Å². The second-order valence-electron chi connectivity index (χ2n) is 5.65. The van der Waals surface area contributed by atoms with Crippen LogP contribution in [0.2, 0.25) is 0 Å². The molecular formula is C16H19F3N6. The van der Waals surface area contributed by atoms with Gasteiger partial charge in [-0.3, -0.25) is 0 Å². The molecule has 0 spiro atoms. The molecule has 0 atom stereocenters. The minimum Gasteiger partial charge on any atom is -0.370 e. The Morgan fingerprint density at radius 2 is 1.72 bits per heavy atom. The van der Waals surface area contributed by atoms with Gasteiger partial charge in [-0.2, -0.15) is 18.2 Å². The summed E-state index contributed by atoms with van der Waals surface area (Å²) in [5.74, 6) is 1.72. The zero-order valence-corrected chi connectivity index (χ0v) is 13.8. The summed E-state index contributed by atoms with van der Waals surface area (Å²) in [6.45, 7) is 5.11. The SMILES string of the molecule is CCNc1ccnc(N2CCN(c3cc(C(F)(F)F)ccn3)CC2)n1. The van der Waals surface area contributed by atoms with Crippen molar-refractivity contribution in [1.29, 1.82) is 0 Å². The molecular weight excluding hydrogens is 333 g/mol. The van der Waals surface area contributed by atoms with Crippen molar-refractivity contribution in [3.05, 3.63) is 36.2 Å². The average molecular weight is 352 g/mol. The van der Waals surface area contributed by atoms with Crippen LogP contribution in [0.4, 0.5) is 30.8 Å². The number of alkyl halides is 3. The summed E-state index contributed by atoms with van der Waals surface area (Å²) < 4.78 is 38.5. The van der Waals surface area contributed by atoms with Gasteiger partial charge in [0.25, 0.3) is 0 Å². The van der Waals surface area contributed by atoms with Crippen LogP contribution in [0.25, 0.3) is 0 Å². The molecule has 0 aliphatic carbocycles. The van der Waals surface area contributed by atoms with E-state index in [2.05, 4.69) is 20.3 Å². The average Bonchev–Trinajstić information content (AvgIpc) is 2.62. The highest BCUT2D eigenvalue weighted by molar-refractivity contribution is 5.46. The van der Waals surface area contributed by atoms with Gasteiger partial charge in [-0.1, -0.05) is 0 Å². The molecule has 25 heavy (non-hydrogen) atoms. The van der Waals surface area contributed by atoms with Gasteiger partial charge in [0, 0.05) is 45.1 Å². The Balaban J connectivity index is 1.67. The van der Waals surface area contributed by atoms with Gasteiger partial charge in [0.2, 0.25) is 5.95 Å². The van der Waals surface area contributed by atoms with Gasteiger partial charge in [0.15, 0.2) is 0 Å². The molecule has 1 aliphatic heterocycles. The van der Waals surface area contributed by atoms with Gasteiger partial charge >= 0.3 is 6.18 Å². The van der Waals surface area contributed by atoms with E-state index in [9.17, 15) is 13.2 Å². The third kappa shape index (κ3) is 4.09. The fourth-order valence-electron chi connectivity index (χ4n) is 2.68. The second-order valence-corrected chi connectivity index (χ2v) is 5.65. The standard InChI is InChI=1S/C16H19F3N6/c1-2-20-13-4-6-22-15(23-13)25-9-7-24(8-10-25)14-11-12(3-5-21-14)16(17,18)19/h3-6,11H,2,7-10H2,1H3,(H,20,22,23). The number of aromatic nitrogens is 3. The minimum absolute atomic E-state index is 0.344. The Bertz CT molecular complexity index is 713. The number of hydrogen-bond acceptors (Lipinski definition) is 6. The third-order valence-electron chi connectivity index (χ3n) is 3.96. The normalized spacial score (nSPS) is 15.4. The lowest BCUT2D eigenvalue weighted by Gasteiger charge is -2.35. The smallest absolute Gasteiger partial charge is 0.370 e. The highest BCUT2D eigenvalue weighted by Gasteiger charge is 2.31. The van der Waals surface area contributed by atoms with Gasteiger partial charge in [0.05, 0.1) is 5.56 Å². The van der Waals surface area contributed by atoms with Crippen molar-refractivity contribution in [2.45, 2.75) is 13.1 Å². The predicted octanol–water partition coefficient (Wildman–Crippen LogP) is 2.65. The first-order chi connectivity index (χ1) is 12.0. The second kappa shape index (κ2) is 7.12. The van der Waals surface area contributed by atoms with Crippen LogP contribution in [0.15, 0.2) is 30.6 Å². The molecule has 2 aromatic heterocycles. The lowest BCUT2D eigenvalue weighted by atomic mass is 10.2. The summed E-state index contributed by atoms with van der Waals surface area (Å²) in [4.78, 5) is 16.7. The molecule has 1 saturated heterocycles. The molecule has 1 aliphatic rings. The number of nitrogens with zero attached hydrogens (tertiary/aromatic N) is 5. The number of hydrogen-bond donors (Lipinski definition) is 1. The molecule has 1 N–H and O–H groups in total. The fraction of sp³-hybridized carbons (Fsp3) is 0.438. The zero-order valence-electron chi connectivity index (χ0n) is 13.8. The summed E-state index contributed by atoms with van der Waals surface area (Å²) in [5, 5.41) is 3.14. The molecule has 134 valence electrons. The van der Waals surface area contributed by atoms with Crippen LogP contribution < -0.4 is 15.1 Å². The number of piperazine rings is 1. The maximum absolute atomic E-state index is 12.8. The molecule has 3 heterocycles. The molecule has 0 unspecified atom stereocenters. The van der Waals surface area contributed by atoms with Gasteiger partial charge in [0.1, 0.15) is 11.6 Å². The highest BCUT2D eigenvalue weighted by atomic mass is 19.4. The van der Waals surface area contributed by atoms with Gasteiger partial charge in [-0.05, 0) is 25.1 Å². The third-order valence-corrected chi connectivity index (χ3v) is 3.96. The molecule has 0 saturated carbocycles. The topological polar surface area (TPSA) is 57.2 Å². The van der Waals surface area contributed by atoms with E-state index in [1.165, 1.54) is 6.20 Å². The Morgan fingerprint density at radius 1 is 1.04 bits per heavy atom. The maximum atomic E-state index is 12.8. The molecule has 0 bridgehead atoms. The van der Waals surface area contributed by atoms with Crippen LogP contribution in [0.1, 0.15) is 12.5 Å². The first-order valence-electron chi connectivity index (χ1n) is 8.07. The first kappa shape index (κ1) is 17.2. The van der Waals surface area contributed by atoms with E-state index in [0.29, 0.717) is 37.9 Å². The molecule has 1 fully saturated rings. The molecule has 6 nitrogen and oxygen atoms in total. The minimum atomic E-state index is -4.36. The lowest BCUT2D eigenvalue weighted by molar-refractivity contribution is -0.137. The number of halogens is 3. The van der Waals surface area contributed by atoms with Crippen LogP contribution >= 0.6 is 0 Å². The van der Waals surface area contributed by atoms with Crippen LogP contribution in [0.3, 0.4) is 0 Å². The molecule has 9 heteroatoms. The monoisotopic (exact) mass is 352 g/mol. The van der Waals surface area contributed by atoms with Crippen molar-refractivity contribution in [2.24, 2.45) is 0 Å². The molecule has 0 aromatic carbocycles. The summed E-state index contributed by atoms with van der Waals surface area (Å²) in [6.07, 6.45) is -1.46. The summed E-state index contributed by atoms with van der Waals surface area (Å²) >= 11 is 0. The molecule has 0 radical (unpaired) electrons. The van der Waals surface area contributed by atoms with E-state index in [1.807, 2.05) is 16.7 Å². The lowest BCUT2D eigenvalue weighted by Crippen LogP contribution is -2.47. The van der Waals surface area contributed by atoms with E-state index in [1.54, 1.807) is 12.3 Å². The van der Waals surface area contributed by atoms with E-state index in [-0.39, 0.29) is 0 Å². The van der Waals surface area contributed by atoms with E-state index >= 15 is 0 Å². The zero-order chi connectivity index (χ0) is 17.9. The van der Waals surface area contributed by atoms with Gasteiger partial charge in [-0.15, -0.1) is 0 Å². The van der Waals surface area contributed by atoms with Gasteiger partial charge < -0.3 is 15.1 Å². The predicted molar refractivity (Wildman–Crippen MR) is 89.9 cm³/mol. The van der Waals surface area contributed by atoms with Crippen molar-refractivity contribution in [1.82, 2.24) is 15.0 Å². The van der Waals surface area contributed by atoms with Crippen molar-refractivity contribution >= 4 is 17.6 Å². The van der Waals surface area contributed by atoms with Crippen molar-refractivity contribution in [2.75, 3.05) is 47.8 Å². The van der Waals surface area contributed by atoms with Crippen molar-refractivity contribution < 1.29 is 13.2 Å². The molecule has 0 amide bonds. The van der Waals surface area contributed by atoms with Gasteiger partial charge in [-0.25, -0.2) is 9.97 Å². The molecule has 2 aromatic rings. The quantitative estimate of drug-likeness (QED) is 0.913. The van der Waals surface area contributed by atoms with Crippen molar-refractivity contribution in [3.8, 4) is 0 Å². The van der Waals surface area contributed by atoms with Crippen LogP contribution in [-0.4, -0.2) is 47.7 Å². The Kier molecular flexibility index (Phi) is 4.91. The Morgan fingerprint density at radius 3 is 2.40 bits per heavy atom. The number of anilines is 3. The van der Waals surface area contributed by atoms with E-state index < -0.39 is 11.7 Å². The largest absolute Gasteiger partial charge is 0.416 e. The van der Waals surface area contributed by atoms with Crippen molar-refractivity contribution in [3.63, 3.8) is 0 Å². The number of pyridine rings is 1. The number of nitrogens with one attached hydrogen (secondary N) is 1. The maximum Gasteiger partial charge on any atom is 0.416 e. The highest BCUT2D eigenvalue weighted by Crippen LogP contribution is 2.31. The summed E-state index contributed by atoms with van der Waals surface area (Å²) in [5.41, 5.74) is -0.679. The Hall–Kier alpha value is -2.58. The number of rotatable bonds is 4. The summed E-state index contributed by atoms with van der Waals surface area (Å²) in [7, 11) is 0. The van der Waals surface area contributed by atoms with E-state index in [0.717, 1.165) is 24.5 Å². The fourth-order valence-corrected chi connectivity index (χ4v) is 2.68. The van der Waals surface area contributed by atoms with Crippen LogP contribution in [-0.2, 0) is 6.18 Å². The van der Waals surface area contributed by atoms with Crippen LogP contribution in [0.5, 0.6) is 0 Å². The van der Waals surface area contributed by atoms with Crippen LogP contribution in [0, 0.1) is 0 Å². The summed E-state index contributed by atoms with van der Waals surface area (Å²) in [6, 6.07) is 3.88.